The van der Waals surface area contributed by atoms with Crippen LogP contribution in [0.25, 0.3) is 0 Å². The number of rotatable bonds is 3. The Hall–Kier alpha value is -0.530. The van der Waals surface area contributed by atoms with Crippen molar-refractivity contribution in [3.63, 3.8) is 0 Å². The number of carbonyl (C=O) groups excluding carboxylic acids is 1. The molecule has 0 amide bonds. The lowest BCUT2D eigenvalue weighted by molar-refractivity contribution is -0.150. The molecule has 0 saturated carbocycles. The SMILES string of the molecule is CCC(C)CC1CCCCCCCCCCC(=O)O1. The first kappa shape index (κ1) is 16.5. The average Bonchev–Trinajstić information content (AvgIpc) is 2.41. The molecule has 1 heterocycles. The van der Waals surface area contributed by atoms with Crippen molar-refractivity contribution in [2.75, 3.05) is 0 Å². The Morgan fingerprint density at radius 1 is 1.05 bits per heavy atom. The number of ether oxygens (including phenoxy) is 1. The van der Waals surface area contributed by atoms with E-state index < -0.39 is 0 Å². The van der Waals surface area contributed by atoms with Crippen molar-refractivity contribution in [1.82, 2.24) is 0 Å². The standard InChI is InChI=1S/C17H32O2/c1-3-15(2)14-16-12-10-8-6-4-5-7-9-11-13-17(18)19-16/h15-16H,3-14H2,1-2H3. The third-order valence-electron chi connectivity index (χ3n) is 4.32. The van der Waals surface area contributed by atoms with Crippen LogP contribution in [-0.4, -0.2) is 12.1 Å². The molecule has 0 N–H and O–H groups in total. The molecular formula is C17H32O2. The minimum absolute atomic E-state index is 0.0348. The van der Waals surface area contributed by atoms with Crippen molar-refractivity contribution < 1.29 is 9.53 Å². The zero-order valence-corrected chi connectivity index (χ0v) is 13.0. The Morgan fingerprint density at radius 2 is 1.63 bits per heavy atom. The summed E-state index contributed by atoms with van der Waals surface area (Å²) in [4.78, 5) is 11.8. The van der Waals surface area contributed by atoms with Crippen LogP contribution in [0.3, 0.4) is 0 Å². The van der Waals surface area contributed by atoms with Crippen LogP contribution >= 0.6 is 0 Å². The fourth-order valence-electron chi connectivity index (χ4n) is 2.79. The van der Waals surface area contributed by atoms with E-state index in [4.69, 9.17) is 4.74 Å². The Bertz CT molecular complexity index is 237. The van der Waals surface area contributed by atoms with Gasteiger partial charge >= 0.3 is 5.97 Å². The summed E-state index contributed by atoms with van der Waals surface area (Å²) < 4.78 is 5.70. The quantitative estimate of drug-likeness (QED) is 0.653. The van der Waals surface area contributed by atoms with Crippen molar-refractivity contribution in [3.8, 4) is 0 Å². The van der Waals surface area contributed by atoms with Gasteiger partial charge < -0.3 is 4.74 Å². The molecular weight excluding hydrogens is 236 g/mol. The highest BCUT2D eigenvalue weighted by atomic mass is 16.5. The lowest BCUT2D eigenvalue weighted by Crippen LogP contribution is -2.20. The van der Waals surface area contributed by atoms with Gasteiger partial charge in [0.05, 0.1) is 0 Å². The maximum atomic E-state index is 11.8. The lowest BCUT2D eigenvalue weighted by atomic mass is 9.97. The van der Waals surface area contributed by atoms with Gasteiger partial charge in [0.1, 0.15) is 6.10 Å². The highest BCUT2D eigenvalue weighted by molar-refractivity contribution is 5.69. The zero-order chi connectivity index (χ0) is 13.9. The third-order valence-corrected chi connectivity index (χ3v) is 4.32. The molecule has 0 aromatic rings. The molecule has 0 aliphatic carbocycles. The van der Waals surface area contributed by atoms with Crippen LogP contribution in [0.2, 0.25) is 0 Å². The van der Waals surface area contributed by atoms with Gasteiger partial charge in [-0.2, -0.15) is 0 Å². The van der Waals surface area contributed by atoms with Crippen molar-refractivity contribution in [2.24, 2.45) is 5.92 Å². The summed E-state index contributed by atoms with van der Waals surface area (Å²) in [5, 5.41) is 0. The van der Waals surface area contributed by atoms with Crippen LogP contribution in [0.1, 0.15) is 90.9 Å². The molecule has 2 nitrogen and oxygen atoms in total. The van der Waals surface area contributed by atoms with Crippen LogP contribution in [0, 0.1) is 5.92 Å². The summed E-state index contributed by atoms with van der Waals surface area (Å²) >= 11 is 0. The molecule has 1 saturated heterocycles. The van der Waals surface area contributed by atoms with E-state index in [1.807, 2.05) is 0 Å². The van der Waals surface area contributed by atoms with Gasteiger partial charge in [0, 0.05) is 6.42 Å². The zero-order valence-electron chi connectivity index (χ0n) is 13.0. The topological polar surface area (TPSA) is 26.3 Å². The van der Waals surface area contributed by atoms with Crippen LogP contribution in [0.15, 0.2) is 0 Å². The smallest absolute Gasteiger partial charge is 0.306 e. The van der Waals surface area contributed by atoms with Gasteiger partial charge in [-0.1, -0.05) is 58.8 Å². The first-order chi connectivity index (χ1) is 9.22. The molecule has 112 valence electrons. The van der Waals surface area contributed by atoms with Gasteiger partial charge in [-0.25, -0.2) is 0 Å². The second-order valence-electron chi connectivity index (χ2n) is 6.23. The summed E-state index contributed by atoms with van der Waals surface area (Å²) in [5.41, 5.74) is 0. The van der Waals surface area contributed by atoms with Gasteiger partial charge in [0.15, 0.2) is 0 Å². The van der Waals surface area contributed by atoms with E-state index in [2.05, 4.69) is 13.8 Å². The first-order valence-electron chi connectivity index (χ1n) is 8.41. The maximum absolute atomic E-state index is 11.8. The molecule has 2 atom stereocenters. The summed E-state index contributed by atoms with van der Waals surface area (Å²) in [6, 6.07) is 0. The fourth-order valence-corrected chi connectivity index (χ4v) is 2.79. The molecule has 0 aromatic heterocycles. The Kier molecular flexibility index (Phi) is 8.94. The predicted octanol–water partition coefficient (Wildman–Crippen LogP) is 5.25. The van der Waals surface area contributed by atoms with Crippen LogP contribution < -0.4 is 0 Å². The van der Waals surface area contributed by atoms with Crippen molar-refractivity contribution >= 4 is 5.97 Å². The third kappa shape index (κ3) is 8.28. The van der Waals surface area contributed by atoms with Crippen molar-refractivity contribution in [1.29, 1.82) is 0 Å². The van der Waals surface area contributed by atoms with E-state index in [1.54, 1.807) is 0 Å². The molecule has 19 heavy (non-hydrogen) atoms. The highest BCUT2D eigenvalue weighted by Gasteiger charge is 2.17. The van der Waals surface area contributed by atoms with E-state index in [0.717, 1.165) is 19.3 Å². The summed E-state index contributed by atoms with van der Waals surface area (Å²) in [6.45, 7) is 4.47. The highest BCUT2D eigenvalue weighted by Crippen LogP contribution is 2.20. The number of carbonyl (C=O) groups is 1. The lowest BCUT2D eigenvalue weighted by Gasteiger charge is -2.21. The molecule has 0 radical (unpaired) electrons. The van der Waals surface area contributed by atoms with Crippen LogP contribution in [0.4, 0.5) is 0 Å². The van der Waals surface area contributed by atoms with E-state index in [0.29, 0.717) is 12.3 Å². The summed E-state index contributed by atoms with van der Waals surface area (Å²) in [6.07, 6.45) is 14.1. The fraction of sp³-hybridized carbons (Fsp3) is 0.941. The van der Waals surface area contributed by atoms with E-state index in [9.17, 15) is 4.79 Å². The first-order valence-corrected chi connectivity index (χ1v) is 8.41. The average molecular weight is 268 g/mol. The number of hydrogen-bond acceptors (Lipinski definition) is 2. The normalized spacial score (nSPS) is 25.6. The van der Waals surface area contributed by atoms with Crippen molar-refractivity contribution in [3.05, 3.63) is 0 Å². The van der Waals surface area contributed by atoms with Crippen LogP contribution in [0.5, 0.6) is 0 Å². The van der Waals surface area contributed by atoms with Gasteiger partial charge in [-0.05, 0) is 31.6 Å². The predicted molar refractivity (Wildman–Crippen MR) is 80.1 cm³/mol. The van der Waals surface area contributed by atoms with Crippen molar-refractivity contribution in [2.45, 2.75) is 97.0 Å². The molecule has 1 aliphatic heterocycles. The van der Waals surface area contributed by atoms with E-state index >= 15 is 0 Å². The summed E-state index contributed by atoms with van der Waals surface area (Å²) in [5.74, 6) is 0.695. The Balaban J connectivity index is 2.42. The summed E-state index contributed by atoms with van der Waals surface area (Å²) in [7, 11) is 0. The minimum atomic E-state index is 0.0348. The number of esters is 1. The van der Waals surface area contributed by atoms with E-state index in [-0.39, 0.29) is 12.1 Å². The van der Waals surface area contributed by atoms with E-state index in [1.165, 1.54) is 51.4 Å². The number of hydrogen-bond donors (Lipinski definition) is 0. The molecule has 1 aliphatic rings. The van der Waals surface area contributed by atoms with Gasteiger partial charge in [-0.3, -0.25) is 4.79 Å². The Labute approximate surface area is 119 Å². The second kappa shape index (κ2) is 10.3. The molecule has 2 heteroatoms. The molecule has 1 rings (SSSR count). The molecule has 0 spiro atoms. The Morgan fingerprint density at radius 3 is 2.26 bits per heavy atom. The monoisotopic (exact) mass is 268 g/mol. The molecule has 0 aromatic carbocycles. The minimum Gasteiger partial charge on any atom is -0.462 e. The van der Waals surface area contributed by atoms with Gasteiger partial charge in [0.25, 0.3) is 0 Å². The van der Waals surface area contributed by atoms with Gasteiger partial charge in [0.2, 0.25) is 0 Å². The largest absolute Gasteiger partial charge is 0.462 e. The van der Waals surface area contributed by atoms with Gasteiger partial charge in [-0.15, -0.1) is 0 Å². The second-order valence-corrected chi connectivity index (χ2v) is 6.23. The molecule has 0 bridgehead atoms. The van der Waals surface area contributed by atoms with Crippen LogP contribution in [-0.2, 0) is 9.53 Å². The molecule has 2 unspecified atom stereocenters. The maximum Gasteiger partial charge on any atom is 0.306 e. The number of cyclic esters (lactones) is 1. The molecule has 1 fully saturated rings.